The fourth-order valence-electron chi connectivity index (χ4n) is 1.52. The summed E-state index contributed by atoms with van der Waals surface area (Å²) in [5.74, 6) is -0.653. The molecule has 0 spiro atoms. The first-order valence-electron chi connectivity index (χ1n) is 5.12. The lowest BCUT2D eigenvalue weighted by atomic mass is 10.1. The van der Waals surface area contributed by atoms with Crippen molar-refractivity contribution in [1.29, 1.82) is 0 Å². The molecule has 0 fully saturated rings. The van der Waals surface area contributed by atoms with Crippen LogP contribution in [0.15, 0.2) is 24.4 Å². The van der Waals surface area contributed by atoms with Gasteiger partial charge in [0.25, 0.3) is 0 Å². The maximum atomic E-state index is 12.5. The van der Waals surface area contributed by atoms with Crippen molar-refractivity contribution < 1.29 is 18.3 Å². The SMILES string of the molecule is Oc1cc(C(F)(F)F)cnc1-c1ccc(Cl)c(Cl)c1Cl. The third kappa shape index (κ3) is 2.80. The summed E-state index contributed by atoms with van der Waals surface area (Å²) < 4.78 is 37.4. The molecule has 2 nitrogen and oxygen atoms in total. The van der Waals surface area contributed by atoms with Gasteiger partial charge in [-0.1, -0.05) is 34.8 Å². The average Bonchev–Trinajstić information content (AvgIpc) is 2.36. The summed E-state index contributed by atoms with van der Waals surface area (Å²) in [6.45, 7) is 0. The second-order valence-electron chi connectivity index (χ2n) is 3.81. The molecule has 0 bridgehead atoms. The van der Waals surface area contributed by atoms with Crippen LogP contribution in [0.5, 0.6) is 5.75 Å². The summed E-state index contributed by atoms with van der Waals surface area (Å²) in [4.78, 5) is 3.59. The molecule has 0 aliphatic rings. The zero-order valence-electron chi connectivity index (χ0n) is 9.47. The second-order valence-corrected chi connectivity index (χ2v) is 4.98. The Morgan fingerprint density at radius 2 is 1.70 bits per heavy atom. The van der Waals surface area contributed by atoms with Gasteiger partial charge >= 0.3 is 6.18 Å². The van der Waals surface area contributed by atoms with E-state index in [2.05, 4.69) is 4.98 Å². The fraction of sp³-hybridized carbons (Fsp3) is 0.0833. The second kappa shape index (κ2) is 5.31. The molecule has 0 amide bonds. The van der Waals surface area contributed by atoms with E-state index in [9.17, 15) is 18.3 Å². The van der Waals surface area contributed by atoms with Crippen LogP contribution in [0.4, 0.5) is 13.2 Å². The van der Waals surface area contributed by atoms with Crippen molar-refractivity contribution in [3.8, 4) is 17.0 Å². The highest BCUT2D eigenvalue weighted by molar-refractivity contribution is 6.49. The monoisotopic (exact) mass is 341 g/mol. The molecule has 0 aliphatic carbocycles. The Balaban J connectivity index is 2.58. The Morgan fingerprint density at radius 1 is 1.05 bits per heavy atom. The predicted molar refractivity (Wildman–Crippen MR) is 71.4 cm³/mol. The standard InChI is InChI=1S/C12H5Cl3F3NO/c13-7-2-1-6(9(14)10(7)15)11-8(20)3-5(4-19-11)12(16,17)18/h1-4,20H. The Labute approximate surface area is 126 Å². The van der Waals surface area contributed by atoms with Gasteiger partial charge < -0.3 is 5.11 Å². The van der Waals surface area contributed by atoms with Crippen LogP contribution in [0.25, 0.3) is 11.3 Å². The smallest absolute Gasteiger partial charge is 0.418 e. The summed E-state index contributed by atoms with van der Waals surface area (Å²) in [6, 6.07) is 3.39. The van der Waals surface area contributed by atoms with Gasteiger partial charge in [-0.25, -0.2) is 0 Å². The predicted octanol–water partition coefficient (Wildman–Crippen LogP) is 5.43. The number of aromatic nitrogens is 1. The molecule has 0 unspecified atom stereocenters. The molecule has 0 aliphatic heterocycles. The van der Waals surface area contributed by atoms with Gasteiger partial charge in [0, 0.05) is 11.8 Å². The Morgan fingerprint density at radius 3 is 2.25 bits per heavy atom. The minimum atomic E-state index is -4.59. The number of nitrogens with zero attached hydrogens (tertiary/aromatic N) is 1. The summed E-state index contributed by atoms with van der Waals surface area (Å²) >= 11 is 17.5. The normalized spacial score (nSPS) is 11.7. The van der Waals surface area contributed by atoms with E-state index >= 15 is 0 Å². The summed E-state index contributed by atoms with van der Waals surface area (Å²) in [7, 11) is 0. The third-order valence-electron chi connectivity index (χ3n) is 2.49. The molecule has 106 valence electrons. The van der Waals surface area contributed by atoms with Gasteiger partial charge in [-0.3, -0.25) is 4.98 Å². The van der Waals surface area contributed by atoms with Crippen molar-refractivity contribution in [2.24, 2.45) is 0 Å². The van der Waals surface area contributed by atoms with Gasteiger partial charge in [0.1, 0.15) is 11.4 Å². The molecular weight excluding hydrogens is 337 g/mol. The van der Waals surface area contributed by atoms with E-state index in [0.29, 0.717) is 12.3 Å². The Hall–Kier alpha value is -1.17. The largest absolute Gasteiger partial charge is 0.506 e. The zero-order valence-corrected chi connectivity index (χ0v) is 11.7. The number of pyridine rings is 1. The number of halogens is 6. The molecule has 1 aromatic carbocycles. The van der Waals surface area contributed by atoms with Crippen LogP contribution in [0.3, 0.4) is 0 Å². The summed E-state index contributed by atoms with van der Waals surface area (Å²) in [5.41, 5.74) is -0.983. The molecule has 20 heavy (non-hydrogen) atoms. The minimum absolute atomic E-state index is 0.00160. The van der Waals surface area contributed by atoms with Gasteiger partial charge in [-0.2, -0.15) is 13.2 Å². The first-order chi connectivity index (χ1) is 9.21. The molecular formula is C12H5Cl3F3NO. The molecule has 0 saturated carbocycles. The topological polar surface area (TPSA) is 33.1 Å². The third-order valence-corrected chi connectivity index (χ3v) is 3.78. The van der Waals surface area contributed by atoms with E-state index in [1.54, 1.807) is 0 Å². The molecule has 2 rings (SSSR count). The van der Waals surface area contributed by atoms with Crippen molar-refractivity contribution in [1.82, 2.24) is 4.98 Å². The van der Waals surface area contributed by atoms with Crippen LogP contribution in [0.2, 0.25) is 15.1 Å². The Kier molecular flexibility index (Phi) is 4.04. The quantitative estimate of drug-likeness (QED) is 0.701. The van der Waals surface area contributed by atoms with Crippen molar-refractivity contribution in [3.05, 3.63) is 45.0 Å². The van der Waals surface area contributed by atoms with Gasteiger partial charge in [-0.15, -0.1) is 0 Å². The maximum Gasteiger partial charge on any atom is 0.418 e. The summed E-state index contributed by atoms with van der Waals surface area (Å²) in [5, 5.41) is 9.92. The lowest BCUT2D eigenvalue weighted by molar-refractivity contribution is -0.137. The highest BCUT2D eigenvalue weighted by Crippen LogP contribution is 2.41. The van der Waals surface area contributed by atoms with Gasteiger partial charge in [0.15, 0.2) is 0 Å². The zero-order chi connectivity index (χ0) is 15.1. The molecule has 1 aromatic heterocycles. The first kappa shape index (κ1) is 15.2. The van der Waals surface area contributed by atoms with Crippen molar-refractivity contribution in [2.75, 3.05) is 0 Å². The molecule has 0 saturated heterocycles. The highest BCUT2D eigenvalue weighted by Gasteiger charge is 2.32. The molecule has 8 heteroatoms. The van der Waals surface area contributed by atoms with E-state index in [1.165, 1.54) is 12.1 Å². The Bertz CT molecular complexity index is 674. The van der Waals surface area contributed by atoms with Crippen LogP contribution in [-0.2, 0) is 6.18 Å². The average molecular weight is 343 g/mol. The van der Waals surface area contributed by atoms with Crippen LogP contribution in [0.1, 0.15) is 5.56 Å². The highest BCUT2D eigenvalue weighted by atomic mass is 35.5. The minimum Gasteiger partial charge on any atom is -0.506 e. The first-order valence-corrected chi connectivity index (χ1v) is 6.25. The van der Waals surface area contributed by atoms with E-state index in [4.69, 9.17) is 34.8 Å². The number of alkyl halides is 3. The van der Waals surface area contributed by atoms with Crippen molar-refractivity contribution >= 4 is 34.8 Å². The van der Waals surface area contributed by atoms with E-state index < -0.39 is 17.5 Å². The number of hydrogen-bond donors (Lipinski definition) is 1. The number of rotatable bonds is 1. The summed E-state index contributed by atoms with van der Waals surface area (Å²) in [6.07, 6.45) is -3.99. The number of hydrogen-bond acceptors (Lipinski definition) is 2. The molecule has 1 heterocycles. The van der Waals surface area contributed by atoms with Crippen molar-refractivity contribution in [2.45, 2.75) is 6.18 Å². The lowest BCUT2D eigenvalue weighted by Crippen LogP contribution is -2.05. The van der Waals surface area contributed by atoms with E-state index in [-0.39, 0.29) is 26.3 Å². The van der Waals surface area contributed by atoms with Crippen LogP contribution >= 0.6 is 34.8 Å². The molecule has 2 aromatic rings. The maximum absolute atomic E-state index is 12.5. The number of benzene rings is 1. The van der Waals surface area contributed by atoms with Crippen LogP contribution in [-0.4, -0.2) is 10.1 Å². The lowest BCUT2D eigenvalue weighted by Gasteiger charge is -2.11. The molecule has 0 atom stereocenters. The van der Waals surface area contributed by atoms with E-state index in [1.807, 2.05) is 0 Å². The van der Waals surface area contributed by atoms with Crippen molar-refractivity contribution in [3.63, 3.8) is 0 Å². The molecule has 1 N–H and O–H groups in total. The fourth-order valence-corrected chi connectivity index (χ4v) is 2.15. The molecule has 0 radical (unpaired) electrons. The van der Waals surface area contributed by atoms with Gasteiger partial charge in [-0.05, 0) is 18.2 Å². The van der Waals surface area contributed by atoms with Crippen LogP contribution in [0, 0.1) is 0 Å². The van der Waals surface area contributed by atoms with Gasteiger partial charge in [0.2, 0.25) is 0 Å². The van der Waals surface area contributed by atoms with E-state index in [0.717, 1.165) is 0 Å². The van der Waals surface area contributed by atoms with Crippen LogP contribution < -0.4 is 0 Å². The number of aromatic hydroxyl groups is 1. The van der Waals surface area contributed by atoms with Gasteiger partial charge in [0.05, 0.1) is 20.6 Å².